The number of nitrogens with zero attached hydrogens (tertiary/aromatic N) is 1. The predicted molar refractivity (Wildman–Crippen MR) is 76.9 cm³/mol. The highest BCUT2D eigenvalue weighted by molar-refractivity contribution is 7.98. The van der Waals surface area contributed by atoms with E-state index in [1.807, 2.05) is 48.7 Å². The summed E-state index contributed by atoms with van der Waals surface area (Å²) >= 11 is 7.76. The first-order valence-electron chi connectivity index (χ1n) is 5.23. The van der Waals surface area contributed by atoms with Crippen molar-refractivity contribution >= 4 is 35.3 Å². The van der Waals surface area contributed by atoms with Crippen LogP contribution in [0, 0.1) is 0 Å². The molecule has 0 heterocycles. The first kappa shape index (κ1) is 12.2. The molecule has 0 atom stereocenters. The van der Waals surface area contributed by atoms with Crippen molar-refractivity contribution < 1.29 is 0 Å². The minimum atomic E-state index is 0.720. The van der Waals surface area contributed by atoms with Gasteiger partial charge in [-0.15, -0.1) is 11.8 Å². The van der Waals surface area contributed by atoms with Crippen LogP contribution >= 0.6 is 23.4 Å². The Balaban J connectivity index is 2.29. The second-order valence-electron chi connectivity index (χ2n) is 3.45. The molecular formula is C14H12ClNS. The number of hydrogen-bond donors (Lipinski definition) is 0. The van der Waals surface area contributed by atoms with E-state index >= 15 is 0 Å². The standard InChI is InChI=1S/C14H12ClNS/c1-17-14-9-5-4-8-13(14)16-10-11-6-2-3-7-12(11)15/h2-10H,1H3. The molecule has 0 saturated heterocycles. The summed E-state index contributed by atoms with van der Waals surface area (Å²) in [7, 11) is 0. The van der Waals surface area contributed by atoms with Crippen LogP contribution in [0.3, 0.4) is 0 Å². The van der Waals surface area contributed by atoms with E-state index in [9.17, 15) is 0 Å². The third kappa shape index (κ3) is 3.11. The van der Waals surface area contributed by atoms with Crippen molar-refractivity contribution in [3.05, 3.63) is 59.1 Å². The summed E-state index contributed by atoms with van der Waals surface area (Å²) in [4.78, 5) is 5.64. The van der Waals surface area contributed by atoms with Crippen molar-refractivity contribution in [2.45, 2.75) is 4.90 Å². The lowest BCUT2D eigenvalue weighted by molar-refractivity contribution is 1.38. The number of benzene rings is 2. The molecule has 3 heteroatoms. The summed E-state index contributed by atoms with van der Waals surface area (Å²) in [6, 6.07) is 15.7. The summed E-state index contributed by atoms with van der Waals surface area (Å²) < 4.78 is 0. The van der Waals surface area contributed by atoms with Gasteiger partial charge in [0.1, 0.15) is 0 Å². The van der Waals surface area contributed by atoms with Gasteiger partial charge in [-0.1, -0.05) is 41.9 Å². The van der Waals surface area contributed by atoms with Crippen molar-refractivity contribution in [1.29, 1.82) is 0 Å². The normalized spacial score (nSPS) is 10.9. The molecule has 2 rings (SSSR count). The van der Waals surface area contributed by atoms with Gasteiger partial charge in [-0.05, 0) is 24.5 Å². The van der Waals surface area contributed by atoms with Gasteiger partial charge in [0.15, 0.2) is 0 Å². The maximum Gasteiger partial charge on any atom is 0.0765 e. The number of halogens is 1. The monoisotopic (exact) mass is 261 g/mol. The molecule has 17 heavy (non-hydrogen) atoms. The zero-order valence-corrected chi connectivity index (χ0v) is 11.0. The van der Waals surface area contributed by atoms with Gasteiger partial charge in [-0.3, -0.25) is 4.99 Å². The summed E-state index contributed by atoms with van der Waals surface area (Å²) in [6.45, 7) is 0. The number of para-hydroxylation sites is 1. The number of rotatable bonds is 3. The van der Waals surface area contributed by atoms with E-state index in [1.54, 1.807) is 18.0 Å². The van der Waals surface area contributed by atoms with Crippen LogP contribution in [0.4, 0.5) is 5.69 Å². The fraction of sp³-hybridized carbons (Fsp3) is 0.0714. The molecule has 0 aliphatic rings. The SMILES string of the molecule is CSc1ccccc1N=Cc1ccccc1Cl. The largest absolute Gasteiger partial charge is 0.255 e. The highest BCUT2D eigenvalue weighted by Gasteiger charge is 1.98. The van der Waals surface area contributed by atoms with Crippen LogP contribution in [-0.2, 0) is 0 Å². The van der Waals surface area contributed by atoms with Crippen molar-refractivity contribution in [1.82, 2.24) is 0 Å². The summed E-state index contributed by atoms with van der Waals surface area (Å²) in [6.07, 6.45) is 3.85. The van der Waals surface area contributed by atoms with Crippen LogP contribution in [0.25, 0.3) is 0 Å². The quantitative estimate of drug-likeness (QED) is 0.570. The van der Waals surface area contributed by atoms with Crippen LogP contribution < -0.4 is 0 Å². The highest BCUT2D eigenvalue weighted by atomic mass is 35.5. The van der Waals surface area contributed by atoms with Crippen molar-refractivity contribution in [3.8, 4) is 0 Å². The first-order chi connectivity index (χ1) is 8.31. The summed E-state index contributed by atoms with van der Waals surface area (Å²) in [5.74, 6) is 0. The molecule has 1 nitrogen and oxygen atoms in total. The van der Waals surface area contributed by atoms with Crippen LogP contribution in [0.5, 0.6) is 0 Å². The molecule has 0 radical (unpaired) electrons. The average Bonchev–Trinajstić information content (AvgIpc) is 2.38. The van der Waals surface area contributed by atoms with Gasteiger partial charge < -0.3 is 0 Å². The molecular weight excluding hydrogens is 250 g/mol. The topological polar surface area (TPSA) is 12.4 Å². The maximum atomic E-state index is 6.07. The van der Waals surface area contributed by atoms with Gasteiger partial charge in [0.2, 0.25) is 0 Å². The van der Waals surface area contributed by atoms with Gasteiger partial charge in [-0.2, -0.15) is 0 Å². The lowest BCUT2D eigenvalue weighted by atomic mass is 10.2. The third-order valence-corrected chi connectivity index (χ3v) is 3.46. The van der Waals surface area contributed by atoms with E-state index in [4.69, 9.17) is 11.6 Å². The fourth-order valence-electron chi connectivity index (χ4n) is 1.46. The Morgan fingerprint density at radius 2 is 1.76 bits per heavy atom. The van der Waals surface area contributed by atoms with Gasteiger partial charge in [0.25, 0.3) is 0 Å². The Labute approximate surface area is 111 Å². The molecule has 0 aliphatic carbocycles. The van der Waals surface area contributed by atoms with Crippen LogP contribution in [0.2, 0.25) is 5.02 Å². The summed E-state index contributed by atoms with van der Waals surface area (Å²) in [5, 5.41) is 0.720. The number of thioether (sulfide) groups is 1. The number of aliphatic imine (C=N–C) groups is 1. The van der Waals surface area contributed by atoms with Crippen molar-refractivity contribution in [2.24, 2.45) is 4.99 Å². The molecule has 0 N–H and O–H groups in total. The molecule has 86 valence electrons. The molecule has 0 saturated carbocycles. The van der Waals surface area contributed by atoms with Crippen molar-refractivity contribution in [3.63, 3.8) is 0 Å². The minimum absolute atomic E-state index is 0.720. The van der Waals surface area contributed by atoms with Gasteiger partial charge >= 0.3 is 0 Å². The van der Waals surface area contributed by atoms with E-state index in [-0.39, 0.29) is 0 Å². The molecule has 2 aromatic carbocycles. The predicted octanol–water partition coefficient (Wildman–Crippen LogP) is 4.81. The molecule has 0 spiro atoms. The molecule has 0 bridgehead atoms. The zero-order chi connectivity index (χ0) is 12.1. The van der Waals surface area contributed by atoms with Crippen LogP contribution in [0.1, 0.15) is 5.56 Å². The smallest absolute Gasteiger partial charge is 0.0765 e. The van der Waals surface area contributed by atoms with Crippen LogP contribution in [0.15, 0.2) is 58.4 Å². The molecule has 0 unspecified atom stereocenters. The highest BCUT2D eigenvalue weighted by Crippen LogP contribution is 2.27. The van der Waals surface area contributed by atoms with E-state index in [2.05, 4.69) is 11.1 Å². The van der Waals surface area contributed by atoms with Crippen molar-refractivity contribution in [2.75, 3.05) is 6.26 Å². The summed E-state index contributed by atoms with van der Waals surface area (Å²) in [5.41, 5.74) is 1.91. The molecule has 0 fully saturated rings. The average molecular weight is 262 g/mol. The molecule has 0 amide bonds. The van der Waals surface area contributed by atoms with Gasteiger partial charge in [-0.25, -0.2) is 0 Å². The molecule has 2 aromatic rings. The minimum Gasteiger partial charge on any atom is -0.255 e. The zero-order valence-electron chi connectivity index (χ0n) is 9.43. The second-order valence-corrected chi connectivity index (χ2v) is 4.71. The van der Waals surface area contributed by atoms with E-state index in [0.717, 1.165) is 21.2 Å². The fourth-order valence-corrected chi connectivity index (χ4v) is 2.18. The molecule has 0 aliphatic heterocycles. The maximum absolute atomic E-state index is 6.07. The van der Waals surface area contributed by atoms with Gasteiger partial charge in [0.05, 0.1) is 5.69 Å². The Kier molecular flexibility index (Phi) is 4.24. The van der Waals surface area contributed by atoms with Gasteiger partial charge in [0, 0.05) is 21.7 Å². The lowest BCUT2D eigenvalue weighted by Crippen LogP contribution is -1.82. The Morgan fingerprint density at radius 3 is 2.53 bits per heavy atom. The van der Waals surface area contributed by atoms with Crippen LogP contribution in [-0.4, -0.2) is 12.5 Å². The second kappa shape index (κ2) is 5.89. The first-order valence-corrected chi connectivity index (χ1v) is 6.83. The van der Waals surface area contributed by atoms with E-state index < -0.39 is 0 Å². The van der Waals surface area contributed by atoms with E-state index in [1.165, 1.54) is 0 Å². The number of hydrogen-bond acceptors (Lipinski definition) is 2. The Bertz CT molecular complexity index is 537. The Morgan fingerprint density at radius 1 is 1.06 bits per heavy atom. The molecule has 0 aromatic heterocycles. The Hall–Kier alpha value is -1.25. The van der Waals surface area contributed by atoms with E-state index in [0.29, 0.717) is 0 Å². The lowest BCUT2D eigenvalue weighted by Gasteiger charge is -2.01. The third-order valence-electron chi connectivity index (χ3n) is 2.33.